The quantitative estimate of drug-likeness (QED) is 0.730. The summed E-state index contributed by atoms with van der Waals surface area (Å²) in [6.07, 6.45) is 4.33. The van der Waals surface area contributed by atoms with E-state index in [1.165, 1.54) is 0 Å². The van der Waals surface area contributed by atoms with E-state index in [0.717, 1.165) is 29.9 Å². The van der Waals surface area contributed by atoms with Crippen LogP contribution in [0.5, 0.6) is 5.75 Å². The highest BCUT2D eigenvalue weighted by Gasteiger charge is 2.22. The van der Waals surface area contributed by atoms with Crippen molar-refractivity contribution in [3.8, 4) is 5.75 Å². The fourth-order valence-electron chi connectivity index (χ4n) is 2.19. The molecule has 0 aromatic carbocycles. The van der Waals surface area contributed by atoms with E-state index >= 15 is 0 Å². The minimum Gasteiger partial charge on any atom is -0.495 e. The van der Waals surface area contributed by atoms with Crippen LogP contribution in [0.2, 0.25) is 0 Å². The molecule has 0 atom stereocenters. The number of pyridine rings is 1. The molecule has 2 aromatic rings. The van der Waals surface area contributed by atoms with Gasteiger partial charge in [0.1, 0.15) is 17.1 Å². The van der Waals surface area contributed by atoms with Crippen molar-refractivity contribution in [2.45, 2.75) is 19.3 Å². The van der Waals surface area contributed by atoms with Crippen molar-refractivity contribution in [3.05, 3.63) is 29.7 Å². The van der Waals surface area contributed by atoms with Crippen LogP contribution in [0.4, 0.5) is 0 Å². The maximum Gasteiger partial charge on any atom is 0.183 e. The van der Waals surface area contributed by atoms with Gasteiger partial charge in [-0.1, -0.05) is 0 Å². The van der Waals surface area contributed by atoms with E-state index in [4.69, 9.17) is 4.74 Å². The highest BCUT2D eigenvalue weighted by molar-refractivity contribution is 5.97. The van der Waals surface area contributed by atoms with Gasteiger partial charge in [0.25, 0.3) is 0 Å². The van der Waals surface area contributed by atoms with Crippen molar-refractivity contribution in [2.75, 3.05) is 7.11 Å². The molecule has 2 heterocycles. The van der Waals surface area contributed by atoms with Gasteiger partial charge in [0.05, 0.1) is 19.0 Å². The molecule has 0 radical (unpaired) electrons. The van der Waals surface area contributed by atoms with Crippen molar-refractivity contribution in [1.82, 2.24) is 9.38 Å². The van der Waals surface area contributed by atoms with Crippen molar-refractivity contribution >= 4 is 11.4 Å². The highest BCUT2D eigenvalue weighted by atomic mass is 16.5. The lowest BCUT2D eigenvalue weighted by molar-refractivity contribution is 0.0967. The van der Waals surface area contributed by atoms with Crippen molar-refractivity contribution < 1.29 is 9.53 Å². The number of ketones is 1. The Labute approximate surface area is 92.9 Å². The maximum atomic E-state index is 11.7. The van der Waals surface area contributed by atoms with Crippen LogP contribution in [-0.2, 0) is 6.42 Å². The van der Waals surface area contributed by atoms with E-state index in [2.05, 4.69) is 4.98 Å². The molecule has 82 valence electrons. The van der Waals surface area contributed by atoms with Gasteiger partial charge in [-0.15, -0.1) is 0 Å². The Bertz CT molecular complexity index is 572. The first-order chi connectivity index (χ1) is 7.79. The van der Waals surface area contributed by atoms with Gasteiger partial charge in [0, 0.05) is 6.42 Å². The molecule has 1 aliphatic rings. The molecule has 0 saturated heterocycles. The zero-order valence-electron chi connectivity index (χ0n) is 9.06. The number of carbonyl (C=O) groups is 1. The van der Waals surface area contributed by atoms with Crippen LogP contribution in [0.1, 0.15) is 29.0 Å². The topological polar surface area (TPSA) is 43.6 Å². The number of carbonyl (C=O) groups excluding carboxylic acids is 1. The Hall–Kier alpha value is -1.84. The summed E-state index contributed by atoms with van der Waals surface area (Å²) in [5.74, 6) is 0.939. The van der Waals surface area contributed by atoms with Crippen LogP contribution in [0.3, 0.4) is 0 Å². The number of fused-ring (bicyclic) bond motifs is 3. The van der Waals surface area contributed by atoms with Crippen molar-refractivity contribution in [3.63, 3.8) is 0 Å². The third kappa shape index (κ3) is 1.23. The predicted molar refractivity (Wildman–Crippen MR) is 59.0 cm³/mol. The number of hydrogen-bond acceptors (Lipinski definition) is 3. The average Bonchev–Trinajstić information content (AvgIpc) is 2.68. The van der Waals surface area contributed by atoms with Crippen LogP contribution in [0.15, 0.2) is 18.3 Å². The minimum atomic E-state index is 0.156. The van der Waals surface area contributed by atoms with Crippen LogP contribution >= 0.6 is 0 Å². The Morgan fingerprint density at radius 2 is 2.25 bits per heavy atom. The van der Waals surface area contributed by atoms with Gasteiger partial charge in [-0.25, -0.2) is 4.98 Å². The molecule has 16 heavy (non-hydrogen) atoms. The standard InChI is InChI=1S/C12H12N2O2/c1-16-8-5-6-11-13-12-9(14(11)7-8)3-2-4-10(12)15/h5-7H,2-4H2,1H3. The molecular weight excluding hydrogens is 204 g/mol. The van der Waals surface area contributed by atoms with Gasteiger partial charge in [0.2, 0.25) is 0 Å². The number of Topliss-reactive ketones (excluding diaryl/α,β-unsaturated/α-hetero) is 1. The summed E-state index contributed by atoms with van der Waals surface area (Å²) in [6.45, 7) is 0. The van der Waals surface area contributed by atoms with Gasteiger partial charge in [0.15, 0.2) is 5.78 Å². The third-order valence-electron chi connectivity index (χ3n) is 3.01. The third-order valence-corrected chi connectivity index (χ3v) is 3.01. The molecule has 3 rings (SSSR count). The average molecular weight is 216 g/mol. The van der Waals surface area contributed by atoms with E-state index in [1.54, 1.807) is 7.11 Å². The first kappa shape index (κ1) is 9.39. The first-order valence-corrected chi connectivity index (χ1v) is 5.38. The van der Waals surface area contributed by atoms with Crippen molar-refractivity contribution in [1.29, 1.82) is 0 Å². The van der Waals surface area contributed by atoms with E-state index in [0.29, 0.717) is 12.1 Å². The van der Waals surface area contributed by atoms with Gasteiger partial charge >= 0.3 is 0 Å². The number of methoxy groups -OCH3 is 1. The minimum absolute atomic E-state index is 0.156. The maximum absolute atomic E-state index is 11.7. The summed E-state index contributed by atoms with van der Waals surface area (Å²) < 4.78 is 7.14. The number of aryl methyl sites for hydroxylation is 1. The smallest absolute Gasteiger partial charge is 0.183 e. The summed E-state index contributed by atoms with van der Waals surface area (Å²) in [5, 5.41) is 0. The largest absolute Gasteiger partial charge is 0.495 e. The number of hydrogen-bond donors (Lipinski definition) is 0. The van der Waals surface area contributed by atoms with Gasteiger partial charge < -0.3 is 4.74 Å². The monoisotopic (exact) mass is 216 g/mol. The Balaban J connectivity index is 2.29. The second kappa shape index (κ2) is 3.33. The van der Waals surface area contributed by atoms with Crippen LogP contribution in [-0.4, -0.2) is 22.3 Å². The predicted octanol–water partition coefficient (Wildman–Crippen LogP) is 1.86. The molecule has 0 spiro atoms. The zero-order valence-corrected chi connectivity index (χ0v) is 9.06. The molecule has 4 nitrogen and oxygen atoms in total. The Morgan fingerprint density at radius 3 is 3.06 bits per heavy atom. The zero-order chi connectivity index (χ0) is 11.1. The van der Waals surface area contributed by atoms with Crippen LogP contribution in [0, 0.1) is 0 Å². The Morgan fingerprint density at radius 1 is 1.38 bits per heavy atom. The SMILES string of the molecule is COc1ccc2nc3c(n2c1)CCCC3=O. The highest BCUT2D eigenvalue weighted by Crippen LogP contribution is 2.24. The number of imidazole rings is 1. The van der Waals surface area contributed by atoms with Gasteiger partial charge in [-0.05, 0) is 25.0 Å². The molecule has 0 N–H and O–H groups in total. The molecule has 4 heteroatoms. The van der Waals surface area contributed by atoms with E-state index in [1.807, 2.05) is 22.7 Å². The molecule has 0 saturated carbocycles. The summed E-state index contributed by atoms with van der Waals surface area (Å²) in [6, 6.07) is 3.74. The first-order valence-electron chi connectivity index (χ1n) is 5.38. The molecule has 0 fully saturated rings. The molecule has 0 amide bonds. The van der Waals surface area contributed by atoms with E-state index in [9.17, 15) is 4.79 Å². The Kier molecular flexibility index (Phi) is 1.96. The lowest BCUT2D eigenvalue weighted by Crippen LogP contribution is -2.11. The summed E-state index contributed by atoms with van der Waals surface area (Å²) in [7, 11) is 1.63. The number of ether oxygens (including phenoxy) is 1. The van der Waals surface area contributed by atoms with E-state index in [-0.39, 0.29) is 5.78 Å². The molecule has 1 aliphatic carbocycles. The number of nitrogens with zero attached hydrogens (tertiary/aromatic N) is 2. The lowest BCUT2D eigenvalue weighted by atomic mass is 10.00. The summed E-state index contributed by atoms with van der Waals surface area (Å²) >= 11 is 0. The molecule has 0 unspecified atom stereocenters. The van der Waals surface area contributed by atoms with Crippen LogP contribution in [0.25, 0.3) is 5.65 Å². The molecule has 0 aliphatic heterocycles. The van der Waals surface area contributed by atoms with E-state index < -0.39 is 0 Å². The van der Waals surface area contributed by atoms with Gasteiger partial charge in [-0.2, -0.15) is 0 Å². The van der Waals surface area contributed by atoms with Crippen molar-refractivity contribution in [2.24, 2.45) is 0 Å². The summed E-state index contributed by atoms with van der Waals surface area (Å²) in [4.78, 5) is 16.1. The van der Waals surface area contributed by atoms with Crippen LogP contribution < -0.4 is 4.74 Å². The second-order valence-corrected chi connectivity index (χ2v) is 3.98. The summed E-state index contributed by atoms with van der Waals surface area (Å²) in [5.41, 5.74) is 2.48. The fourth-order valence-corrected chi connectivity index (χ4v) is 2.19. The normalized spacial score (nSPS) is 15.2. The fraction of sp³-hybridized carbons (Fsp3) is 0.333. The second-order valence-electron chi connectivity index (χ2n) is 3.98. The lowest BCUT2D eigenvalue weighted by Gasteiger charge is -2.09. The molecule has 2 aromatic heterocycles. The van der Waals surface area contributed by atoms with Gasteiger partial charge in [-0.3, -0.25) is 9.20 Å². The molecule has 0 bridgehead atoms. The number of aromatic nitrogens is 2. The molecular formula is C12H12N2O2. The number of rotatable bonds is 1.